The van der Waals surface area contributed by atoms with E-state index in [9.17, 15) is 0 Å². The van der Waals surface area contributed by atoms with Crippen molar-refractivity contribution in [3.63, 3.8) is 0 Å². The average molecular weight is 290 g/mol. The monoisotopic (exact) mass is 289 g/mol. The molecule has 18 heavy (non-hydrogen) atoms. The zero-order valence-electron chi connectivity index (χ0n) is 14.0. The third-order valence-corrected chi connectivity index (χ3v) is 14.0. The van der Waals surface area contributed by atoms with Gasteiger partial charge in [-0.25, -0.2) is 0 Å². The highest BCUT2D eigenvalue weighted by molar-refractivity contribution is 7.78. The fourth-order valence-electron chi connectivity index (χ4n) is 3.06. The molecule has 0 unspecified atom stereocenters. The summed E-state index contributed by atoms with van der Waals surface area (Å²) in [5, 5.41) is 0. The number of rotatable bonds is 11. The summed E-state index contributed by atoms with van der Waals surface area (Å²) in [7, 11) is -1.50. The zero-order chi connectivity index (χ0) is 14.1. The SMILES string of the molecule is CCCC[P+](CCCC)(CCCC)C[Si](C)(C)C. The van der Waals surface area contributed by atoms with E-state index in [1.165, 1.54) is 38.5 Å². The molecule has 110 valence electrons. The van der Waals surface area contributed by atoms with Crippen LogP contribution in [0.25, 0.3) is 0 Å². The maximum Gasteiger partial charge on any atom is 0.0888 e. The first kappa shape index (κ1) is 18.6. The molecule has 0 atom stereocenters. The molecule has 0 N–H and O–H groups in total. The van der Waals surface area contributed by atoms with E-state index >= 15 is 0 Å². The van der Waals surface area contributed by atoms with Crippen molar-refractivity contribution >= 4 is 15.3 Å². The predicted molar refractivity (Wildman–Crippen MR) is 94.5 cm³/mol. The lowest BCUT2D eigenvalue weighted by Crippen LogP contribution is -2.31. The van der Waals surface area contributed by atoms with Crippen LogP contribution in [-0.4, -0.2) is 32.3 Å². The van der Waals surface area contributed by atoms with Crippen LogP contribution >= 0.6 is 7.26 Å². The molecule has 0 saturated carbocycles. The van der Waals surface area contributed by atoms with Crippen LogP contribution in [0.1, 0.15) is 59.3 Å². The molecule has 2 heteroatoms. The zero-order valence-corrected chi connectivity index (χ0v) is 15.9. The molecule has 0 bridgehead atoms. The Bertz CT molecular complexity index is 174. The number of hydrogen-bond acceptors (Lipinski definition) is 0. The molecule has 0 aromatic heterocycles. The third-order valence-electron chi connectivity index (χ3n) is 3.77. The maximum atomic E-state index is 2.59. The van der Waals surface area contributed by atoms with Crippen molar-refractivity contribution in [1.29, 1.82) is 0 Å². The van der Waals surface area contributed by atoms with E-state index in [1.807, 2.05) is 0 Å². The lowest BCUT2D eigenvalue weighted by atomic mass is 10.4. The van der Waals surface area contributed by atoms with E-state index in [2.05, 4.69) is 40.4 Å². The highest BCUT2D eigenvalue weighted by Crippen LogP contribution is 2.62. The van der Waals surface area contributed by atoms with Crippen LogP contribution in [0, 0.1) is 0 Å². The van der Waals surface area contributed by atoms with Gasteiger partial charge < -0.3 is 0 Å². The van der Waals surface area contributed by atoms with Gasteiger partial charge in [-0.3, -0.25) is 0 Å². The van der Waals surface area contributed by atoms with Crippen LogP contribution in [0.3, 0.4) is 0 Å². The van der Waals surface area contributed by atoms with Gasteiger partial charge in [0.05, 0.1) is 26.6 Å². The Morgan fingerprint density at radius 1 is 0.667 bits per heavy atom. The molecule has 0 heterocycles. The van der Waals surface area contributed by atoms with Gasteiger partial charge in [0.1, 0.15) is 0 Å². The summed E-state index contributed by atoms with van der Waals surface area (Å²) in [4.78, 5) is 0. The van der Waals surface area contributed by atoms with Crippen molar-refractivity contribution in [2.75, 3.05) is 24.3 Å². The molecule has 0 aromatic rings. The van der Waals surface area contributed by atoms with Gasteiger partial charge in [0.2, 0.25) is 0 Å². The Kier molecular flexibility index (Phi) is 9.88. The van der Waals surface area contributed by atoms with E-state index in [1.54, 1.807) is 24.3 Å². The van der Waals surface area contributed by atoms with Gasteiger partial charge in [-0.15, -0.1) is 0 Å². The van der Waals surface area contributed by atoms with Crippen LogP contribution < -0.4 is 0 Å². The second-order valence-electron chi connectivity index (χ2n) is 7.29. The smallest absolute Gasteiger partial charge is 0.0663 e. The van der Waals surface area contributed by atoms with Gasteiger partial charge in [0.25, 0.3) is 0 Å². The van der Waals surface area contributed by atoms with Crippen molar-refractivity contribution in [3.05, 3.63) is 0 Å². The quantitative estimate of drug-likeness (QED) is 0.310. The summed E-state index contributed by atoms with van der Waals surface area (Å²) in [6, 6.07) is 0. The highest BCUT2D eigenvalue weighted by Gasteiger charge is 2.39. The Hall–Kier alpha value is 0.647. The Morgan fingerprint density at radius 3 is 1.22 bits per heavy atom. The Labute approximate surface area is 119 Å². The van der Waals surface area contributed by atoms with Gasteiger partial charge in [-0.1, -0.05) is 59.7 Å². The van der Waals surface area contributed by atoms with E-state index in [4.69, 9.17) is 0 Å². The minimum absolute atomic E-state index is 0.606. The fraction of sp³-hybridized carbons (Fsp3) is 1.00. The summed E-state index contributed by atoms with van der Waals surface area (Å²) in [5.74, 6) is 1.67. The third kappa shape index (κ3) is 8.70. The molecular weight excluding hydrogens is 251 g/mol. The fourth-order valence-corrected chi connectivity index (χ4v) is 16.6. The minimum Gasteiger partial charge on any atom is -0.0663 e. The van der Waals surface area contributed by atoms with Gasteiger partial charge in [-0.2, -0.15) is 0 Å². The van der Waals surface area contributed by atoms with E-state index in [-0.39, 0.29) is 0 Å². The first-order valence-corrected chi connectivity index (χ1v) is 14.5. The minimum atomic E-state index is -0.893. The molecule has 0 aliphatic carbocycles. The molecule has 0 aliphatic rings. The van der Waals surface area contributed by atoms with Crippen molar-refractivity contribution < 1.29 is 0 Å². The molecule has 0 nitrogen and oxygen atoms in total. The van der Waals surface area contributed by atoms with Crippen molar-refractivity contribution in [2.24, 2.45) is 0 Å². The second kappa shape index (κ2) is 9.53. The summed E-state index contributed by atoms with van der Waals surface area (Å²) in [6.45, 7) is 14.9. The van der Waals surface area contributed by atoms with Crippen LogP contribution in [-0.2, 0) is 0 Å². The lowest BCUT2D eigenvalue weighted by Gasteiger charge is -2.32. The highest BCUT2D eigenvalue weighted by atomic mass is 31.2. The Balaban J connectivity index is 4.73. The average Bonchev–Trinajstić information content (AvgIpc) is 2.29. The molecular formula is C16H38PSi+. The summed E-state index contributed by atoms with van der Waals surface area (Å²) in [5.41, 5.74) is 0. The van der Waals surface area contributed by atoms with Gasteiger partial charge >= 0.3 is 0 Å². The van der Waals surface area contributed by atoms with Crippen molar-refractivity contribution in [2.45, 2.75) is 78.9 Å². The Morgan fingerprint density at radius 2 is 1.00 bits per heavy atom. The topological polar surface area (TPSA) is 0 Å². The number of unbranched alkanes of at least 4 members (excludes halogenated alkanes) is 3. The van der Waals surface area contributed by atoms with Crippen LogP contribution in [0.4, 0.5) is 0 Å². The van der Waals surface area contributed by atoms with Crippen LogP contribution in [0.2, 0.25) is 19.6 Å². The first-order chi connectivity index (χ1) is 8.39. The van der Waals surface area contributed by atoms with Crippen LogP contribution in [0.15, 0.2) is 0 Å². The molecule has 0 rings (SSSR count). The molecule has 0 radical (unpaired) electrons. The summed E-state index contributed by atoms with van der Waals surface area (Å²) in [6.07, 6.45) is 13.5. The summed E-state index contributed by atoms with van der Waals surface area (Å²) >= 11 is 0. The molecule has 0 fully saturated rings. The first-order valence-electron chi connectivity index (χ1n) is 8.24. The van der Waals surface area contributed by atoms with Crippen molar-refractivity contribution in [3.8, 4) is 0 Å². The number of hydrogen-bond donors (Lipinski definition) is 0. The molecule has 0 amide bonds. The normalized spacial score (nSPS) is 13.0. The summed E-state index contributed by atoms with van der Waals surface area (Å²) < 4.78 is 0. The molecule has 0 aromatic carbocycles. The molecule has 0 spiro atoms. The van der Waals surface area contributed by atoms with E-state index in [0.717, 1.165) is 0 Å². The van der Waals surface area contributed by atoms with E-state index < -0.39 is 15.3 Å². The van der Waals surface area contributed by atoms with Gasteiger partial charge in [0.15, 0.2) is 0 Å². The standard InChI is InChI=1S/C16H38PSi/c1-7-10-13-17(14-11-8-2,15-12-9-3)16-18(4,5)6/h7-16H2,1-6H3/q+1. The largest absolute Gasteiger partial charge is 0.0888 e. The lowest BCUT2D eigenvalue weighted by molar-refractivity contribution is 0.836. The second-order valence-corrected chi connectivity index (χ2v) is 17.7. The predicted octanol–water partition coefficient (Wildman–Crippen LogP) is 6.28. The van der Waals surface area contributed by atoms with Gasteiger partial charge in [-0.05, 0) is 19.3 Å². The molecule has 0 saturated heterocycles. The molecule has 0 aliphatic heterocycles. The van der Waals surface area contributed by atoms with Gasteiger partial charge in [0, 0.05) is 13.0 Å². The van der Waals surface area contributed by atoms with Crippen LogP contribution in [0.5, 0.6) is 0 Å². The maximum absolute atomic E-state index is 2.59. The van der Waals surface area contributed by atoms with Crippen molar-refractivity contribution in [1.82, 2.24) is 0 Å². The van der Waals surface area contributed by atoms with E-state index in [0.29, 0.717) is 0 Å².